The number of phenolic OH excluding ortho intramolecular Hbond substituents is 1. The predicted molar refractivity (Wildman–Crippen MR) is 121 cm³/mol. The Kier molecular flexibility index (Phi) is 4.23. The van der Waals surface area contributed by atoms with Gasteiger partial charge in [-0.25, -0.2) is 0 Å². The molecule has 166 valence electrons. The molecule has 0 aromatic heterocycles. The molecule has 2 aromatic carbocycles. The normalized spacial score (nSPS) is 35.9. The lowest BCUT2D eigenvalue weighted by atomic mass is 9.46. The summed E-state index contributed by atoms with van der Waals surface area (Å²) in [7, 11) is 0. The molecular formula is C26H28N2O4. The van der Waals surface area contributed by atoms with Crippen LogP contribution in [0, 0.1) is 5.92 Å². The van der Waals surface area contributed by atoms with E-state index in [9.17, 15) is 15.4 Å². The van der Waals surface area contributed by atoms with E-state index in [1.807, 2.05) is 30.3 Å². The van der Waals surface area contributed by atoms with Crippen LogP contribution < -0.4 is 4.74 Å². The lowest BCUT2D eigenvalue weighted by molar-refractivity contribution is -0.172. The maximum Gasteiger partial charge on any atom is 0.165 e. The van der Waals surface area contributed by atoms with Crippen LogP contribution in [0.15, 0.2) is 60.3 Å². The monoisotopic (exact) mass is 432 g/mol. The number of hydrogen-bond acceptors (Lipinski definition) is 6. The fourth-order valence-electron chi connectivity index (χ4n) is 7.16. The van der Waals surface area contributed by atoms with Crippen LogP contribution in [-0.2, 0) is 18.3 Å². The van der Waals surface area contributed by atoms with E-state index in [1.54, 1.807) is 6.07 Å². The minimum Gasteiger partial charge on any atom is -0.504 e. The number of aromatic hydroxyl groups is 1. The van der Waals surface area contributed by atoms with Crippen LogP contribution in [-0.4, -0.2) is 56.9 Å². The standard InChI is InChI=1S/C26H28N2O4/c1-2-11-28-12-10-25-22-17-8-9-20(29)23(22)32-24(25)18(13-16-6-4-3-5-7-16)19(27-31)15-26(25,30)21(28)14-17/h2-9,18,21,24,29-31H,1,10-15H2/t18?,21-,24+,25+,26-/m1/s1. The van der Waals surface area contributed by atoms with Crippen molar-refractivity contribution in [3.8, 4) is 11.5 Å². The van der Waals surface area contributed by atoms with Crippen molar-refractivity contribution in [3.05, 3.63) is 71.8 Å². The third-order valence-electron chi connectivity index (χ3n) is 8.41. The SMILES string of the molecule is C=CCN1CC[C@]23c4c5ccc(O)c4O[C@H]2C(Cc2ccccc2)C(=NO)C[C@@]3(O)[C@H]1C5. The molecule has 4 aliphatic rings. The number of phenols is 1. The van der Waals surface area contributed by atoms with Crippen LogP contribution in [0.25, 0.3) is 0 Å². The van der Waals surface area contributed by atoms with Gasteiger partial charge < -0.3 is 20.2 Å². The summed E-state index contributed by atoms with van der Waals surface area (Å²) >= 11 is 0. The second-order valence-corrected chi connectivity index (χ2v) is 9.70. The summed E-state index contributed by atoms with van der Waals surface area (Å²) in [6.45, 7) is 5.42. The van der Waals surface area contributed by atoms with Gasteiger partial charge in [-0.1, -0.05) is 47.6 Å². The number of nitrogens with zero attached hydrogens (tertiary/aromatic N) is 2. The lowest BCUT2D eigenvalue weighted by Gasteiger charge is -2.64. The molecule has 2 bridgehead atoms. The second-order valence-electron chi connectivity index (χ2n) is 9.70. The molecule has 2 heterocycles. The Labute approximate surface area is 187 Å². The summed E-state index contributed by atoms with van der Waals surface area (Å²) in [5, 5.41) is 36.9. The third-order valence-corrected chi connectivity index (χ3v) is 8.41. The minimum atomic E-state index is -1.15. The number of piperidine rings is 1. The van der Waals surface area contributed by atoms with Gasteiger partial charge in [0.2, 0.25) is 0 Å². The Morgan fingerprint density at radius 3 is 2.78 bits per heavy atom. The Morgan fingerprint density at radius 2 is 2.03 bits per heavy atom. The molecule has 1 saturated heterocycles. The van der Waals surface area contributed by atoms with Gasteiger partial charge >= 0.3 is 0 Å². The highest BCUT2D eigenvalue weighted by atomic mass is 16.5. The Morgan fingerprint density at radius 1 is 1.22 bits per heavy atom. The molecule has 1 spiro atoms. The maximum atomic E-state index is 12.5. The molecule has 0 radical (unpaired) electrons. The van der Waals surface area contributed by atoms with E-state index in [2.05, 4.69) is 28.8 Å². The molecule has 1 unspecified atom stereocenters. The number of benzene rings is 2. The largest absolute Gasteiger partial charge is 0.504 e. The molecule has 32 heavy (non-hydrogen) atoms. The smallest absolute Gasteiger partial charge is 0.165 e. The molecule has 1 saturated carbocycles. The summed E-state index contributed by atoms with van der Waals surface area (Å²) in [5.41, 5.74) is 1.99. The van der Waals surface area contributed by atoms with Crippen molar-refractivity contribution in [2.75, 3.05) is 13.1 Å². The fourth-order valence-corrected chi connectivity index (χ4v) is 7.16. The van der Waals surface area contributed by atoms with Crippen LogP contribution in [0.5, 0.6) is 11.5 Å². The highest BCUT2D eigenvalue weighted by Gasteiger charge is 2.74. The first kappa shape index (κ1) is 19.8. The van der Waals surface area contributed by atoms with Gasteiger partial charge in [0.05, 0.1) is 16.7 Å². The van der Waals surface area contributed by atoms with Gasteiger partial charge in [-0.2, -0.15) is 0 Å². The van der Waals surface area contributed by atoms with Crippen LogP contribution in [0.3, 0.4) is 0 Å². The number of ether oxygens (including phenoxy) is 1. The third kappa shape index (κ3) is 2.34. The van der Waals surface area contributed by atoms with E-state index >= 15 is 0 Å². The van der Waals surface area contributed by atoms with Gasteiger partial charge in [0.1, 0.15) is 6.10 Å². The summed E-state index contributed by atoms with van der Waals surface area (Å²) in [4.78, 5) is 2.29. The zero-order chi connectivity index (χ0) is 22.1. The van der Waals surface area contributed by atoms with Crippen molar-refractivity contribution in [3.63, 3.8) is 0 Å². The van der Waals surface area contributed by atoms with Crippen molar-refractivity contribution >= 4 is 5.71 Å². The molecule has 2 fully saturated rings. The average Bonchev–Trinajstić information content (AvgIpc) is 3.15. The van der Waals surface area contributed by atoms with Crippen LogP contribution in [0.1, 0.15) is 29.5 Å². The van der Waals surface area contributed by atoms with Crippen molar-refractivity contribution in [1.82, 2.24) is 4.90 Å². The Hall–Kier alpha value is -2.83. The quantitative estimate of drug-likeness (QED) is 0.393. The molecule has 3 N–H and O–H groups in total. The topological polar surface area (TPSA) is 85.5 Å². The Bertz CT molecular complexity index is 1120. The van der Waals surface area contributed by atoms with E-state index in [-0.39, 0.29) is 24.1 Å². The minimum absolute atomic E-state index is 0.114. The molecule has 0 amide bonds. The fraction of sp³-hybridized carbons (Fsp3) is 0.423. The van der Waals surface area contributed by atoms with Crippen molar-refractivity contribution in [2.24, 2.45) is 11.1 Å². The predicted octanol–water partition coefficient (Wildman–Crippen LogP) is 3.03. The van der Waals surface area contributed by atoms with Crippen molar-refractivity contribution in [2.45, 2.75) is 48.8 Å². The first-order valence-corrected chi connectivity index (χ1v) is 11.4. The first-order chi connectivity index (χ1) is 15.5. The highest BCUT2D eigenvalue weighted by Crippen LogP contribution is 2.66. The van der Waals surface area contributed by atoms with Gasteiger partial charge in [-0.3, -0.25) is 4.90 Å². The molecule has 6 rings (SSSR count). The van der Waals surface area contributed by atoms with Crippen LogP contribution >= 0.6 is 0 Å². The van der Waals surface area contributed by atoms with Gasteiger partial charge in [0.15, 0.2) is 11.5 Å². The molecule has 2 aliphatic carbocycles. The molecule has 6 nitrogen and oxygen atoms in total. The average molecular weight is 433 g/mol. The maximum absolute atomic E-state index is 12.5. The number of oxime groups is 1. The van der Waals surface area contributed by atoms with Gasteiger partial charge in [0, 0.05) is 30.5 Å². The lowest BCUT2D eigenvalue weighted by Crippen LogP contribution is -2.77. The number of aliphatic hydroxyl groups is 1. The summed E-state index contributed by atoms with van der Waals surface area (Å²) in [5.74, 6) is 0.411. The highest BCUT2D eigenvalue weighted by molar-refractivity contribution is 5.91. The van der Waals surface area contributed by atoms with E-state index < -0.39 is 17.1 Å². The van der Waals surface area contributed by atoms with Crippen LogP contribution in [0.2, 0.25) is 0 Å². The molecule has 6 heteroatoms. The molecule has 2 aromatic rings. The summed E-state index contributed by atoms with van der Waals surface area (Å²) in [6, 6.07) is 13.7. The zero-order valence-corrected chi connectivity index (χ0v) is 17.9. The van der Waals surface area contributed by atoms with Gasteiger partial charge in [-0.05, 0) is 43.0 Å². The van der Waals surface area contributed by atoms with E-state index in [4.69, 9.17) is 4.74 Å². The van der Waals surface area contributed by atoms with E-state index in [0.717, 1.165) is 23.2 Å². The summed E-state index contributed by atoms with van der Waals surface area (Å²) < 4.78 is 6.55. The second kappa shape index (κ2) is 6.83. The number of likely N-dealkylation sites (tertiary alicyclic amines) is 1. The number of hydrogen-bond donors (Lipinski definition) is 3. The van der Waals surface area contributed by atoms with E-state index in [0.29, 0.717) is 37.3 Å². The van der Waals surface area contributed by atoms with Gasteiger partial charge in [-0.15, -0.1) is 6.58 Å². The first-order valence-electron chi connectivity index (χ1n) is 11.4. The number of rotatable bonds is 4. The van der Waals surface area contributed by atoms with Crippen molar-refractivity contribution < 1.29 is 20.2 Å². The molecular weight excluding hydrogens is 404 g/mol. The molecule has 5 atom stereocenters. The summed E-state index contributed by atoms with van der Waals surface area (Å²) in [6.07, 6.45) is 3.77. The Balaban J connectivity index is 1.55. The van der Waals surface area contributed by atoms with Crippen LogP contribution in [0.4, 0.5) is 0 Å². The van der Waals surface area contributed by atoms with Gasteiger partial charge in [0.25, 0.3) is 0 Å². The molecule has 2 aliphatic heterocycles. The zero-order valence-electron chi connectivity index (χ0n) is 17.9. The van der Waals surface area contributed by atoms with E-state index in [1.165, 1.54) is 0 Å². The van der Waals surface area contributed by atoms with Crippen molar-refractivity contribution in [1.29, 1.82) is 0 Å².